The molecule has 0 radical (unpaired) electrons. The van der Waals surface area contributed by atoms with Gasteiger partial charge in [0.25, 0.3) is 0 Å². The molecule has 0 fully saturated rings. The maximum absolute atomic E-state index is 12.4. The Bertz CT molecular complexity index is 1010. The van der Waals surface area contributed by atoms with Gasteiger partial charge in [-0.2, -0.15) is 5.26 Å². The summed E-state index contributed by atoms with van der Waals surface area (Å²) in [6, 6.07) is 20.9. The zero-order chi connectivity index (χ0) is 18.4. The van der Waals surface area contributed by atoms with Crippen LogP contribution in [-0.4, -0.2) is 13.1 Å². The lowest BCUT2D eigenvalue weighted by atomic mass is 10.0. The van der Waals surface area contributed by atoms with Crippen molar-refractivity contribution >= 4 is 22.8 Å². The predicted molar refractivity (Wildman–Crippen MR) is 101 cm³/mol. The van der Waals surface area contributed by atoms with Crippen LogP contribution in [0.1, 0.15) is 11.1 Å². The second-order valence-corrected chi connectivity index (χ2v) is 5.66. The lowest BCUT2D eigenvalue weighted by molar-refractivity contribution is -0.133. The van der Waals surface area contributed by atoms with Crippen molar-refractivity contribution in [2.75, 3.05) is 7.11 Å². The number of hydrogen-bond acceptors (Lipinski definition) is 4. The Morgan fingerprint density at radius 2 is 1.88 bits per heavy atom. The molecule has 3 aromatic rings. The van der Waals surface area contributed by atoms with Crippen molar-refractivity contribution in [1.29, 1.82) is 5.26 Å². The van der Waals surface area contributed by atoms with Gasteiger partial charge in [-0.15, -0.1) is 0 Å². The van der Waals surface area contributed by atoms with Crippen molar-refractivity contribution in [3.8, 4) is 17.6 Å². The maximum Gasteiger partial charge on any atom is 0.315 e. The largest absolute Gasteiger partial charge is 0.493 e. The quantitative estimate of drug-likeness (QED) is 0.388. The highest BCUT2D eigenvalue weighted by atomic mass is 16.6. The molecular weight excluding hydrogens is 326 g/mol. The molecule has 0 amide bonds. The van der Waals surface area contributed by atoms with Crippen molar-refractivity contribution in [2.45, 2.75) is 6.42 Å². The minimum atomic E-state index is -0.361. The van der Waals surface area contributed by atoms with E-state index in [9.17, 15) is 4.79 Å². The van der Waals surface area contributed by atoms with E-state index < -0.39 is 0 Å². The summed E-state index contributed by atoms with van der Waals surface area (Å²) in [6.45, 7) is 0. The number of carbonyl (C=O) groups is 1. The van der Waals surface area contributed by atoms with Crippen LogP contribution < -0.4 is 9.47 Å². The predicted octanol–water partition coefficient (Wildman–Crippen LogP) is 4.53. The third-order valence-electron chi connectivity index (χ3n) is 3.98. The van der Waals surface area contributed by atoms with Crippen LogP contribution in [0.3, 0.4) is 0 Å². The second-order valence-electron chi connectivity index (χ2n) is 5.66. The van der Waals surface area contributed by atoms with Crippen molar-refractivity contribution in [3.63, 3.8) is 0 Å². The first-order valence-electron chi connectivity index (χ1n) is 8.13. The molecule has 0 aliphatic carbocycles. The molecule has 0 saturated carbocycles. The smallest absolute Gasteiger partial charge is 0.315 e. The average molecular weight is 343 g/mol. The third-order valence-corrected chi connectivity index (χ3v) is 3.98. The molecule has 3 rings (SSSR count). The molecule has 0 bridgehead atoms. The molecule has 0 aliphatic heterocycles. The molecule has 3 aromatic carbocycles. The molecule has 0 N–H and O–H groups in total. The van der Waals surface area contributed by atoms with Crippen LogP contribution in [0.5, 0.6) is 11.5 Å². The van der Waals surface area contributed by atoms with E-state index >= 15 is 0 Å². The summed E-state index contributed by atoms with van der Waals surface area (Å²) in [5, 5.41) is 10.7. The first kappa shape index (κ1) is 17.2. The summed E-state index contributed by atoms with van der Waals surface area (Å²) in [6.07, 6.45) is 3.20. The van der Waals surface area contributed by atoms with Crippen LogP contribution in [0, 0.1) is 11.3 Å². The van der Waals surface area contributed by atoms with E-state index in [1.54, 1.807) is 24.3 Å². The number of nitrogens with zero attached hydrogens (tertiary/aromatic N) is 1. The van der Waals surface area contributed by atoms with Gasteiger partial charge in [0.1, 0.15) is 0 Å². The number of fused-ring (bicyclic) bond motifs is 1. The second kappa shape index (κ2) is 8.00. The standard InChI is InChI=1S/C22H17NO3/c1-25-21-14-16(6-5-13-23)11-12-20(21)26-22(24)15-18-9-4-8-17-7-2-3-10-19(17)18/h2-12,14H,15H2,1H3/b6-5-. The molecule has 0 heterocycles. The Morgan fingerprint density at radius 3 is 2.69 bits per heavy atom. The Morgan fingerprint density at radius 1 is 1.08 bits per heavy atom. The molecule has 128 valence electrons. The fraction of sp³-hybridized carbons (Fsp3) is 0.0909. The highest BCUT2D eigenvalue weighted by molar-refractivity contribution is 5.89. The molecule has 0 spiro atoms. The number of rotatable bonds is 5. The molecule has 4 nitrogen and oxygen atoms in total. The summed E-state index contributed by atoms with van der Waals surface area (Å²) in [7, 11) is 1.51. The Labute approximate surface area is 151 Å². The lowest BCUT2D eigenvalue weighted by Gasteiger charge is -2.11. The van der Waals surface area contributed by atoms with Crippen molar-refractivity contribution in [1.82, 2.24) is 0 Å². The number of nitriles is 1. The van der Waals surface area contributed by atoms with E-state index in [0.29, 0.717) is 11.5 Å². The molecule has 0 atom stereocenters. The van der Waals surface area contributed by atoms with Gasteiger partial charge in [0.2, 0.25) is 0 Å². The van der Waals surface area contributed by atoms with Crippen molar-refractivity contribution in [3.05, 3.63) is 77.9 Å². The SMILES string of the molecule is COc1cc(/C=C\C#N)ccc1OC(=O)Cc1cccc2ccccc12. The molecule has 4 heteroatoms. The topological polar surface area (TPSA) is 59.3 Å². The maximum atomic E-state index is 12.4. The van der Waals surface area contributed by atoms with Gasteiger partial charge >= 0.3 is 5.97 Å². The van der Waals surface area contributed by atoms with Gasteiger partial charge < -0.3 is 9.47 Å². The number of carbonyl (C=O) groups excluding carboxylic acids is 1. The van der Waals surface area contributed by atoms with E-state index in [4.69, 9.17) is 14.7 Å². The molecule has 0 saturated heterocycles. The van der Waals surface area contributed by atoms with Crippen LogP contribution in [0.15, 0.2) is 66.7 Å². The van der Waals surface area contributed by atoms with Gasteiger partial charge in [0.05, 0.1) is 19.6 Å². The Hall–Kier alpha value is -3.58. The Balaban J connectivity index is 1.79. The van der Waals surface area contributed by atoms with Gasteiger partial charge in [0, 0.05) is 6.08 Å². The van der Waals surface area contributed by atoms with Crippen LogP contribution in [0.4, 0.5) is 0 Å². The number of hydrogen-bond donors (Lipinski definition) is 0. The number of methoxy groups -OCH3 is 1. The first-order valence-corrected chi connectivity index (χ1v) is 8.13. The van der Waals surface area contributed by atoms with Crippen LogP contribution in [-0.2, 0) is 11.2 Å². The minimum absolute atomic E-state index is 0.167. The molecule has 0 unspecified atom stereocenters. The van der Waals surface area contributed by atoms with E-state index in [1.165, 1.54) is 13.2 Å². The summed E-state index contributed by atoms with van der Waals surface area (Å²) in [4.78, 5) is 12.4. The van der Waals surface area contributed by atoms with Gasteiger partial charge in [-0.1, -0.05) is 48.5 Å². The number of allylic oxidation sites excluding steroid dienone is 1. The molecule has 0 aromatic heterocycles. The van der Waals surface area contributed by atoms with E-state index in [-0.39, 0.29) is 12.4 Å². The van der Waals surface area contributed by atoms with Gasteiger partial charge in [-0.05, 0) is 40.1 Å². The molecular formula is C22H17NO3. The number of esters is 1. The van der Waals surface area contributed by atoms with Gasteiger partial charge in [-0.25, -0.2) is 0 Å². The average Bonchev–Trinajstić information content (AvgIpc) is 2.67. The summed E-state index contributed by atoms with van der Waals surface area (Å²) >= 11 is 0. The summed E-state index contributed by atoms with van der Waals surface area (Å²) in [5.74, 6) is 0.433. The van der Waals surface area contributed by atoms with Crippen molar-refractivity contribution < 1.29 is 14.3 Å². The number of benzene rings is 3. The molecule has 0 aliphatic rings. The van der Waals surface area contributed by atoms with E-state index in [1.807, 2.05) is 48.5 Å². The molecule has 26 heavy (non-hydrogen) atoms. The van der Waals surface area contributed by atoms with Crippen LogP contribution in [0.2, 0.25) is 0 Å². The fourth-order valence-electron chi connectivity index (χ4n) is 2.77. The highest BCUT2D eigenvalue weighted by Gasteiger charge is 2.12. The van der Waals surface area contributed by atoms with Crippen LogP contribution >= 0.6 is 0 Å². The monoisotopic (exact) mass is 343 g/mol. The lowest BCUT2D eigenvalue weighted by Crippen LogP contribution is -2.12. The van der Waals surface area contributed by atoms with Crippen LogP contribution in [0.25, 0.3) is 16.8 Å². The summed E-state index contributed by atoms with van der Waals surface area (Å²) < 4.78 is 10.8. The van der Waals surface area contributed by atoms with E-state index in [2.05, 4.69) is 0 Å². The van der Waals surface area contributed by atoms with Gasteiger partial charge in [-0.3, -0.25) is 4.79 Å². The normalized spacial score (nSPS) is 10.6. The Kier molecular flexibility index (Phi) is 5.31. The fourth-order valence-corrected chi connectivity index (χ4v) is 2.77. The highest BCUT2D eigenvalue weighted by Crippen LogP contribution is 2.29. The zero-order valence-corrected chi connectivity index (χ0v) is 14.3. The summed E-state index contributed by atoms with van der Waals surface area (Å²) in [5.41, 5.74) is 1.71. The number of ether oxygens (including phenoxy) is 2. The minimum Gasteiger partial charge on any atom is -0.493 e. The van der Waals surface area contributed by atoms with Crippen molar-refractivity contribution in [2.24, 2.45) is 0 Å². The van der Waals surface area contributed by atoms with Gasteiger partial charge in [0.15, 0.2) is 11.5 Å². The zero-order valence-electron chi connectivity index (χ0n) is 14.3. The first-order chi connectivity index (χ1) is 12.7. The third kappa shape index (κ3) is 3.90. The van der Waals surface area contributed by atoms with E-state index in [0.717, 1.165) is 21.9 Å².